The average molecular weight is 275 g/mol. The highest BCUT2D eigenvalue weighted by Gasteiger charge is 2.19. The predicted octanol–water partition coefficient (Wildman–Crippen LogP) is 4.24. The molecule has 0 heterocycles. The normalized spacial score (nSPS) is 16.9. The van der Waals surface area contributed by atoms with Gasteiger partial charge < -0.3 is 9.64 Å². The first-order valence-corrected chi connectivity index (χ1v) is 7.90. The van der Waals surface area contributed by atoms with Crippen molar-refractivity contribution in [3.05, 3.63) is 29.8 Å². The molecule has 1 aromatic rings. The van der Waals surface area contributed by atoms with E-state index in [4.69, 9.17) is 4.74 Å². The summed E-state index contributed by atoms with van der Waals surface area (Å²) < 4.78 is 5.86. The van der Waals surface area contributed by atoms with Crippen molar-refractivity contribution in [1.82, 2.24) is 4.90 Å². The number of hydrogen-bond acceptors (Lipinski definition) is 2. The van der Waals surface area contributed by atoms with Gasteiger partial charge in [0.2, 0.25) is 0 Å². The van der Waals surface area contributed by atoms with Gasteiger partial charge in [-0.05, 0) is 43.0 Å². The summed E-state index contributed by atoms with van der Waals surface area (Å²) in [5.74, 6) is 0.984. The second-order valence-electron chi connectivity index (χ2n) is 7.04. The number of likely N-dealkylation sites (N-methyl/N-ethyl adjacent to an activating group) is 1. The van der Waals surface area contributed by atoms with E-state index in [0.29, 0.717) is 0 Å². The Morgan fingerprint density at radius 2 is 1.70 bits per heavy atom. The molecule has 20 heavy (non-hydrogen) atoms. The molecule has 1 aliphatic rings. The topological polar surface area (TPSA) is 12.5 Å². The molecule has 0 radical (unpaired) electrons. The minimum Gasteiger partial charge on any atom is -0.492 e. The number of ether oxygens (including phenoxy) is 1. The minimum absolute atomic E-state index is 0.210. The fourth-order valence-electron chi connectivity index (χ4n) is 2.89. The van der Waals surface area contributed by atoms with E-state index in [9.17, 15) is 0 Å². The van der Waals surface area contributed by atoms with E-state index in [0.717, 1.165) is 24.9 Å². The Kier molecular flexibility index (Phi) is 5.09. The van der Waals surface area contributed by atoms with Gasteiger partial charge in [-0.2, -0.15) is 0 Å². The van der Waals surface area contributed by atoms with Gasteiger partial charge in [0.15, 0.2) is 0 Å². The molecule has 0 spiro atoms. The molecule has 0 amide bonds. The summed E-state index contributed by atoms with van der Waals surface area (Å²) in [7, 11) is 2.22. The summed E-state index contributed by atoms with van der Waals surface area (Å²) in [5, 5.41) is 0. The van der Waals surface area contributed by atoms with Gasteiger partial charge in [-0.3, -0.25) is 0 Å². The van der Waals surface area contributed by atoms with E-state index < -0.39 is 0 Å². The molecule has 2 heteroatoms. The van der Waals surface area contributed by atoms with Crippen LogP contribution in [0.4, 0.5) is 0 Å². The van der Waals surface area contributed by atoms with Crippen LogP contribution in [0, 0.1) is 0 Å². The van der Waals surface area contributed by atoms with Gasteiger partial charge in [-0.15, -0.1) is 0 Å². The number of hydrogen-bond donors (Lipinski definition) is 0. The monoisotopic (exact) mass is 275 g/mol. The highest BCUT2D eigenvalue weighted by atomic mass is 16.5. The third kappa shape index (κ3) is 4.24. The Morgan fingerprint density at radius 3 is 2.25 bits per heavy atom. The zero-order valence-electron chi connectivity index (χ0n) is 13.5. The maximum atomic E-state index is 5.86. The minimum atomic E-state index is 0.210. The zero-order valence-corrected chi connectivity index (χ0v) is 13.5. The second-order valence-corrected chi connectivity index (χ2v) is 7.04. The van der Waals surface area contributed by atoms with Gasteiger partial charge in [0.05, 0.1) is 0 Å². The molecule has 112 valence electrons. The van der Waals surface area contributed by atoms with Crippen molar-refractivity contribution in [1.29, 1.82) is 0 Å². The molecule has 0 atom stereocenters. The molecular formula is C18H29NO. The Labute approximate surface area is 124 Å². The summed E-state index contributed by atoms with van der Waals surface area (Å²) in [6.07, 6.45) is 5.50. The molecule has 0 bridgehead atoms. The van der Waals surface area contributed by atoms with Gasteiger partial charge in [0, 0.05) is 12.6 Å². The van der Waals surface area contributed by atoms with Gasteiger partial charge in [0.25, 0.3) is 0 Å². The largest absolute Gasteiger partial charge is 0.492 e. The van der Waals surface area contributed by atoms with Crippen LogP contribution in [0.5, 0.6) is 5.75 Å². The Bertz CT molecular complexity index is 398. The summed E-state index contributed by atoms with van der Waals surface area (Å²) in [5.41, 5.74) is 1.56. The molecule has 1 aromatic carbocycles. The third-order valence-electron chi connectivity index (χ3n) is 4.38. The fraction of sp³-hybridized carbons (Fsp3) is 0.667. The van der Waals surface area contributed by atoms with Crippen LogP contribution in [0.2, 0.25) is 0 Å². The van der Waals surface area contributed by atoms with Crippen molar-refractivity contribution in [2.75, 3.05) is 20.2 Å². The van der Waals surface area contributed by atoms with Crippen molar-refractivity contribution in [3.8, 4) is 5.75 Å². The van der Waals surface area contributed by atoms with Crippen LogP contribution in [0.25, 0.3) is 0 Å². The molecule has 2 nitrogen and oxygen atoms in total. The summed E-state index contributed by atoms with van der Waals surface area (Å²) in [6.45, 7) is 8.51. The standard InChI is InChI=1S/C18H29NO/c1-18(2,3)15-9-11-17(12-10-15)20-14-13-19(4)16-7-5-6-8-16/h9-12,16H,5-8,13-14H2,1-4H3. The van der Waals surface area contributed by atoms with Crippen LogP contribution in [0.1, 0.15) is 52.0 Å². The molecular weight excluding hydrogens is 246 g/mol. The highest BCUT2D eigenvalue weighted by molar-refractivity contribution is 5.31. The van der Waals surface area contributed by atoms with Crippen molar-refractivity contribution >= 4 is 0 Å². The van der Waals surface area contributed by atoms with Crippen molar-refractivity contribution in [3.63, 3.8) is 0 Å². The first-order valence-electron chi connectivity index (χ1n) is 7.90. The maximum absolute atomic E-state index is 5.86. The quantitative estimate of drug-likeness (QED) is 0.797. The van der Waals surface area contributed by atoms with Crippen LogP contribution in [0.15, 0.2) is 24.3 Å². The van der Waals surface area contributed by atoms with Crippen LogP contribution in [-0.4, -0.2) is 31.1 Å². The smallest absolute Gasteiger partial charge is 0.119 e. The number of nitrogens with zero attached hydrogens (tertiary/aromatic N) is 1. The molecule has 0 aliphatic heterocycles. The second kappa shape index (κ2) is 6.62. The molecule has 1 saturated carbocycles. The molecule has 0 aromatic heterocycles. The zero-order chi connectivity index (χ0) is 14.6. The summed E-state index contributed by atoms with van der Waals surface area (Å²) >= 11 is 0. The van der Waals surface area contributed by atoms with Crippen LogP contribution in [0.3, 0.4) is 0 Å². The summed E-state index contributed by atoms with van der Waals surface area (Å²) in [6, 6.07) is 9.32. The Balaban J connectivity index is 1.76. The van der Waals surface area contributed by atoms with E-state index in [1.807, 2.05) is 0 Å². The van der Waals surface area contributed by atoms with E-state index >= 15 is 0 Å². The van der Waals surface area contributed by atoms with Crippen molar-refractivity contribution in [2.24, 2.45) is 0 Å². The fourth-order valence-corrected chi connectivity index (χ4v) is 2.89. The summed E-state index contributed by atoms with van der Waals surface area (Å²) in [4.78, 5) is 2.45. The van der Waals surface area contributed by atoms with Crippen molar-refractivity contribution < 1.29 is 4.74 Å². The van der Waals surface area contributed by atoms with E-state index in [2.05, 4.69) is 57.0 Å². The lowest BCUT2D eigenvalue weighted by molar-refractivity contribution is 0.193. The van der Waals surface area contributed by atoms with Gasteiger partial charge in [-0.1, -0.05) is 45.7 Å². The van der Waals surface area contributed by atoms with E-state index in [-0.39, 0.29) is 5.41 Å². The molecule has 2 rings (SSSR count). The van der Waals surface area contributed by atoms with Crippen molar-refractivity contribution in [2.45, 2.75) is 57.9 Å². The van der Waals surface area contributed by atoms with Crippen LogP contribution < -0.4 is 4.74 Å². The number of rotatable bonds is 5. The van der Waals surface area contributed by atoms with Crippen LogP contribution >= 0.6 is 0 Å². The first-order chi connectivity index (χ1) is 9.47. The molecule has 1 aliphatic carbocycles. The first kappa shape index (κ1) is 15.4. The van der Waals surface area contributed by atoms with Gasteiger partial charge in [0.1, 0.15) is 12.4 Å². The average Bonchev–Trinajstić information content (AvgIpc) is 2.92. The SMILES string of the molecule is CN(CCOc1ccc(C(C)(C)C)cc1)C1CCCC1. The predicted molar refractivity (Wildman–Crippen MR) is 85.5 cm³/mol. The highest BCUT2D eigenvalue weighted by Crippen LogP contribution is 2.24. The van der Waals surface area contributed by atoms with E-state index in [1.165, 1.54) is 31.2 Å². The Morgan fingerprint density at radius 1 is 1.10 bits per heavy atom. The Hall–Kier alpha value is -1.02. The lowest BCUT2D eigenvalue weighted by atomic mass is 9.87. The molecule has 0 N–H and O–H groups in total. The van der Waals surface area contributed by atoms with Gasteiger partial charge in [-0.25, -0.2) is 0 Å². The van der Waals surface area contributed by atoms with Crippen LogP contribution in [-0.2, 0) is 5.41 Å². The van der Waals surface area contributed by atoms with Gasteiger partial charge >= 0.3 is 0 Å². The third-order valence-corrected chi connectivity index (χ3v) is 4.38. The van der Waals surface area contributed by atoms with E-state index in [1.54, 1.807) is 0 Å². The maximum Gasteiger partial charge on any atom is 0.119 e. The lowest BCUT2D eigenvalue weighted by Gasteiger charge is -2.24. The number of benzene rings is 1. The lowest BCUT2D eigenvalue weighted by Crippen LogP contribution is -2.32. The molecule has 0 saturated heterocycles. The molecule has 1 fully saturated rings. The molecule has 0 unspecified atom stereocenters.